The van der Waals surface area contributed by atoms with Crippen LogP contribution in [0.4, 0.5) is 24.5 Å². The second kappa shape index (κ2) is 6.15. The van der Waals surface area contributed by atoms with Gasteiger partial charge in [-0.1, -0.05) is 11.6 Å². The average molecular weight is 343 g/mol. The first-order valence-electron chi connectivity index (χ1n) is 5.65. The predicted octanol–water partition coefficient (Wildman–Crippen LogP) is 3.94. The number of rotatable bonds is 2. The Morgan fingerprint density at radius 2 is 1.64 bits per heavy atom. The summed E-state index contributed by atoms with van der Waals surface area (Å²) in [5.41, 5.74) is -2.50. The van der Waals surface area contributed by atoms with Gasteiger partial charge in [-0.15, -0.1) is 0 Å². The molecule has 0 aromatic heterocycles. The van der Waals surface area contributed by atoms with E-state index in [2.05, 4.69) is 5.32 Å². The van der Waals surface area contributed by atoms with Crippen molar-refractivity contribution in [2.45, 2.75) is 0 Å². The fourth-order valence-electron chi connectivity index (χ4n) is 1.70. The molecule has 0 saturated carbocycles. The van der Waals surface area contributed by atoms with Crippen molar-refractivity contribution in [1.82, 2.24) is 0 Å². The van der Waals surface area contributed by atoms with Crippen LogP contribution in [-0.4, -0.2) is 0 Å². The second-order valence-corrected chi connectivity index (χ2v) is 4.91. The fraction of sp³-hybridized carbons (Fsp3) is 0. The van der Waals surface area contributed by atoms with Gasteiger partial charge in [0.05, 0.1) is 5.69 Å². The minimum absolute atomic E-state index is 0.175. The molecule has 0 aliphatic heterocycles. The van der Waals surface area contributed by atoms with Crippen molar-refractivity contribution in [2.24, 2.45) is 0 Å². The summed E-state index contributed by atoms with van der Waals surface area (Å²) >= 11 is 10.7. The Morgan fingerprint density at radius 3 is 2.18 bits per heavy atom. The summed E-state index contributed by atoms with van der Waals surface area (Å²) in [7, 11) is 0. The normalized spacial score (nSPS) is 9.95. The zero-order chi connectivity index (χ0) is 16.4. The van der Waals surface area contributed by atoms with E-state index in [1.54, 1.807) is 0 Å². The van der Waals surface area contributed by atoms with E-state index in [9.17, 15) is 13.2 Å². The molecule has 0 aliphatic rings. The van der Waals surface area contributed by atoms with E-state index in [0.717, 1.165) is 0 Å². The molecule has 0 aliphatic carbocycles. The van der Waals surface area contributed by atoms with Crippen molar-refractivity contribution in [3.8, 4) is 12.1 Å². The van der Waals surface area contributed by atoms with E-state index in [-0.39, 0.29) is 10.7 Å². The number of hydrogen-bond acceptors (Lipinski definition) is 3. The molecule has 3 nitrogen and oxygen atoms in total. The summed E-state index contributed by atoms with van der Waals surface area (Å²) in [6, 6.07) is 6.74. The summed E-state index contributed by atoms with van der Waals surface area (Å²) in [4.78, 5) is 0. The van der Waals surface area contributed by atoms with Crippen molar-refractivity contribution in [3.63, 3.8) is 0 Å². The van der Waals surface area contributed by atoms with Crippen LogP contribution in [0, 0.1) is 51.7 Å². The Hall–Kier alpha value is -2.41. The van der Waals surface area contributed by atoms with Crippen molar-refractivity contribution in [2.75, 3.05) is 5.32 Å². The maximum atomic E-state index is 14.0. The summed E-state index contributed by atoms with van der Waals surface area (Å²) in [6.45, 7) is 0. The Bertz CT molecular complexity index is 854. The summed E-state index contributed by atoms with van der Waals surface area (Å²) < 4.78 is 41.5. The van der Waals surface area contributed by atoms with Crippen molar-refractivity contribution >= 4 is 23.0 Å². The highest BCUT2D eigenvalue weighted by atomic mass is 35.5. The van der Waals surface area contributed by atoms with Crippen LogP contribution in [0.5, 0.6) is 0 Å². The first-order chi connectivity index (χ1) is 10.4. The lowest BCUT2D eigenvalue weighted by molar-refractivity contribution is -0.288. The molecule has 2 aromatic rings. The topological polar surface area (TPSA) is 59.6 Å². The maximum Gasteiger partial charge on any atom is 0.244 e. The maximum absolute atomic E-state index is 14.0. The van der Waals surface area contributed by atoms with E-state index in [0.29, 0.717) is 5.02 Å². The van der Waals surface area contributed by atoms with Gasteiger partial charge in [0.15, 0.2) is 29.1 Å². The van der Waals surface area contributed by atoms with Gasteiger partial charge in [0.2, 0.25) is 5.02 Å². The average Bonchev–Trinajstić information content (AvgIpc) is 2.49. The van der Waals surface area contributed by atoms with Gasteiger partial charge in [-0.2, -0.15) is 10.5 Å². The van der Waals surface area contributed by atoms with E-state index in [1.165, 1.54) is 30.3 Å². The smallest absolute Gasteiger partial charge is 0.244 e. The summed E-state index contributed by atoms with van der Waals surface area (Å²) in [5.74, 6) is -4.64. The Morgan fingerprint density at radius 1 is 1.00 bits per heavy atom. The van der Waals surface area contributed by atoms with Crippen LogP contribution in [0.15, 0.2) is 18.2 Å². The lowest BCUT2D eigenvalue weighted by atomic mass is 10.1. The van der Waals surface area contributed by atoms with Crippen molar-refractivity contribution in [1.29, 1.82) is 10.5 Å². The van der Waals surface area contributed by atoms with Gasteiger partial charge in [0.1, 0.15) is 28.3 Å². The minimum Gasteiger partial charge on any atom is -0.352 e. The SMILES string of the molecule is N#Cc1c(F)c(F)c(Nc2ccc([ClH+])c(Cl)c2)c(C#N)c1F. The van der Waals surface area contributed by atoms with E-state index in [1.807, 2.05) is 0 Å². The van der Waals surface area contributed by atoms with E-state index >= 15 is 0 Å². The third kappa shape index (κ3) is 2.67. The molecule has 0 heterocycles. The molecule has 0 spiro atoms. The van der Waals surface area contributed by atoms with Gasteiger partial charge in [-0.3, -0.25) is 0 Å². The number of halogens is 5. The number of anilines is 2. The first-order valence-corrected chi connectivity index (χ1v) is 6.43. The molecule has 0 saturated heterocycles. The molecule has 1 N–H and O–H groups in total. The molecule has 0 amide bonds. The summed E-state index contributed by atoms with van der Waals surface area (Å²) in [6.07, 6.45) is 0. The Balaban J connectivity index is 2.63. The van der Waals surface area contributed by atoms with Gasteiger partial charge in [-0.25, -0.2) is 13.2 Å². The third-order valence-electron chi connectivity index (χ3n) is 2.75. The molecule has 110 valence electrons. The number of hydrogen-bond donors (Lipinski definition) is 1. The summed E-state index contributed by atoms with van der Waals surface area (Å²) in [5, 5.41) is 20.5. The number of nitrogens with one attached hydrogen (secondary N) is 1. The monoisotopic (exact) mass is 342 g/mol. The lowest BCUT2D eigenvalue weighted by Gasteiger charge is -2.12. The zero-order valence-electron chi connectivity index (χ0n) is 10.5. The van der Waals surface area contributed by atoms with Gasteiger partial charge in [-0.05, 0) is 12.1 Å². The predicted molar refractivity (Wildman–Crippen MR) is 71.0 cm³/mol. The second-order valence-electron chi connectivity index (χ2n) is 4.06. The molecule has 0 unspecified atom stereocenters. The highest BCUT2D eigenvalue weighted by Gasteiger charge is 2.25. The highest BCUT2D eigenvalue weighted by Crippen LogP contribution is 2.32. The molecular weight excluding hydrogens is 338 g/mol. The lowest BCUT2D eigenvalue weighted by Crippen LogP contribution is -2.06. The molecule has 0 atom stereocenters. The standard InChI is InChI=1S/C14H5Cl2F3N3/c15-9-2-1-6(3-10(9)16)22-14-8(5-21)11(17)7(4-20)12(18)13(14)19/h1-3,15,22H/q+1. The van der Waals surface area contributed by atoms with Crippen LogP contribution >= 0.6 is 11.6 Å². The molecule has 2 rings (SSSR count). The molecule has 22 heavy (non-hydrogen) atoms. The Kier molecular flexibility index (Phi) is 4.46. The Labute approximate surface area is 133 Å². The third-order valence-corrected chi connectivity index (χ3v) is 3.53. The molecule has 0 radical (unpaired) electrons. The van der Waals surface area contributed by atoms with Crippen LogP contribution in [0.1, 0.15) is 11.1 Å². The van der Waals surface area contributed by atoms with Crippen molar-refractivity contribution < 1.29 is 24.8 Å². The van der Waals surface area contributed by atoms with Gasteiger partial charge in [0.25, 0.3) is 0 Å². The number of nitriles is 2. The van der Waals surface area contributed by atoms with Gasteiger partial charge < -0.3 is 5.32 Å². The van der Waals surface area contributed by atoms with Crippen LogP contribution in [0.2, 0.25) is 10.0 Å². The largest absolute Gasteiger partial charge is 0.352 e. The molecular formula is C14H5Cl2F3N3+. The number of benzene rings is 2. The molecule has 2 aromatic carbocycles. The van der Waals surface area contributed by atoms with Gasteiger partial charge in [0, 0.05) is 11.8 Å². The van der Waals surface area contributed by atoms with E-state index < -0.39 is 34.3 Å². The zero-order valence-corrected chi connectivity index (χ0v) is 12.1. The highest BCUT2D eigenvalue weighted by molar-refractivity contribution is 6.31. The minimum atomic E-state index is -1.67. The fourth-order valence-corrected chi connectivity index (χ4v) is 2.01. The van der Waals surface area contributed by atoms with Crippen molar-refractivity contribution in [3.05, 3.63) is 56.8 Å². The molecule has 0 bridgehead atoms. The first kappa shape index (κ1) is 16.0. The molecule has 0 fully saturated rings. The van der Waals surface area contributed by atoms with Crippen LogP contribution in [0.3, 0.4) is 0 Å². The quantitative estimate of drug-likeness (QED) is 0.841. The number of nitrogens with zero attached hydrogens (tertiary/aromatic N) is 2. The van der Waals surface area contributed by atoms with Crippen LogP contribution in [-0.2, 0) is 0 Å². The van der Waals surface area contributed by atoms with E-state index in [4.69, 9.17) is 33.7 Å². The van der Waals surface area contributed by atoms with Gasteiger partial charge >= 0.3 is 0 Å². The van der Waals surface area contributed by atoms with Crippen LogP contribution < -0.4 is 5.32 Å². The van der Waals surface area contributed by atoms with Crippen LogP contribution in [0.25, 0.3) is 0 Å². The molecule has 8 heteroatoms.